The van der Waals surface area contributed by atoms with Crippen molar-refractivity contribution in [2.45, 2.75) is 0 Å². The van der Waals surface area contributed by atoms with Gasteiger partial charge < -0.3 is 27.4 Å². The Labute approximate surface area is 762 Å². The van der Waals surface area contributed by atoms with Gasteiger partial charge in [-0.15, -0.1) is 0 Å². The maximum absolute atomic E-state index is 2.49. The van der Waals surface area contributed by atoms with Crippen LogP contribution >= 0.6 is 0 Å². The lowest BCUT2D eigenvalue weighted by atomic mass is 10.00. The third-order valence-electron chi connectivity index (χ3n) is 27.3. The molecule has 6 heteroatoms. The van der Waals surface area contributed by atoms with Crippen molar-refractivity contribution < 1.29 is 0 Å². The molecule has 6 nitrogen and oxygen atoms in total. The van der Waals surface area contributed by atoms with Gasteiger partial charge in [-0.25, -0.2) is 0 Å². The van der Waals surface area contributed by atoms with E-state index in [1.807, 2.05) is 0 Å². The molecule has 6 aromatic heterocycles. The zero-order valence-corrected chi connectivity index (χ0v) is 72.0. The van der Waals surface area contributed by atoms with E-state index in [9.17, 15) is 0 Å². The van der Waals surface area contributed by atoms with Crippen molar-refractivity contribution in [2.75, 3.05) is 0 Å². The summed E-state index contributed by atoms with van der Waals surface area (Å²) in [6.07, 6.45) is 0. The van der Waals surface area contributed by atoms with Crippen LogP contribution in [0.4, 0.5) is 0 Å². The number of benzene rings is 21. The largest absolute Gasteiger partial charge is 0.309 e. The van der Waals surface area contributed by atoms with Crippen LogP contribution in [-0.2, 0) is 0 Å². The Hall–Kier alpha value is -17.6. The summed E-state index contributed by atoms with van der Waals surface area (Å²) in [6, 6.07) is 182. The first kappa shape index (κ1) is 75.7. The van der Waals surface area contributed by atoms with Gasteiger partial charge in [0.05, 0.1) is 66.2 Å². The molecule has 0 spiro atoms. The van der Waals surface area contributed by atoms with Crippen molar-refractivity contribution in [1.82, 2.24) is 27.4 Å². The highest BCUT2D eigenvalue weighted by Crippen LogP contribution is 2.48. The van der Waals surface area contributed by atoms with Gasteiger partial charge in [0, 0.05) is 98.8 Å². The molecule has 132 heavy (non-hydrogen) atoms. The van der Waals surface area contributed by atoms with Gasteiger partial charge in [0.1, 0.15) is 0 Å². The number of nitrogens with zero attached hydrogens (tertiary/aromatic N) is 6. The number of hydrogen-bond acceptors (Lipinski definition) is 0. The highest BCUT2D eigenvalue weighted by atomic mass is 15.0. The van der Waals surface area contributed by atoms with Gasteiger partial charge in [-0.05, 0) is 242 Å². The number of aromatic nitrogens is 6. The van der Waals surface area contributed by atoms with Crippen LogP contribution in [0.1, 0.15) is 0 Å². The van der Waals surface area contributed by atoms with E-state index in [0.29, 0.717) is 0 Å². The molecule has 0 unspecified atom stereocenters. The maximum atomic E-state index is 2.49. The summed E-state index contributed by atoms with van der Waals surface area (Å²) < 4.78 is 14.6. The van der Waals surface area contributed by atoms with E-state index in [4.69, 9.17) is 0 Å². The van der Waals surface area contributed by atoms with E-state index in [1.54, 1.807) is 0 Å². The fourth-order valence-corrected chi connectivity index (χ4v) is 21.1. The third-order valence-corrected chi connectivity index (χ3v) is 27.3. The molecule has 0 radical (unpaired) electrons. The predicted octanol–water partition coefficient (Wildman–Crippen LogP) is 33.6. The van der Waals surface area contributed by atoms with Crippen LogP contribution < -0.4 is 0 Å². The van der Waals surface area contributed by atoms with Crippen LogP contribution in [0.5, 0.6) is 0 Å². The second kappa shape index (κ2) is 31.2. The minimum absolute atomic E-state index is 1.13. The number of para-hydroxylation sites is 5. The molecule has 0 saturated heterocycles. The molecule has 27 aromatic rings. The summed E-state index contributed by atoms with van der Waals surface area (Å²) >= 11 is 0. The Bertz CT molecular complexity index is 9160. The average molecular weight is 1680 g/mol. The van der Waals surface area contributed by atoms with E-state index in [2.05, 4.69) is 525 Å². The van der Waals surface area contributed by atoms with Crippen molar-refractivity contribution in [3.8, 4) is 112 Å². The van der Waals surface area contributed by atoms with Crippen molar-refractivity contribution in [3.05, 3.63) is 497 Å². The van der Waals surface area contributed by atoms with Crippen LogP contribution in [0.25, 0.3) is 243 Å². The van der Waals surface area contributed by atoms with Gasteiger partial charge in [-0.1, -0.05) is 334 Å². The van der Waals surface area contributed by atoms with Gasteiger partial charge in [0.2, 0.25) is 0 Å². The molecular formula is C126H82N6. The Morgan fingerprint density at radius 2 is 0.303 bits per heavy atom. The predicted molar refractivity (Wildman–Crippen MR) is 557 cm³/mol. The van der Waals surface area contributed by atoms with Gasteiger partial charge in [0.25, 0.3) is 0 Å². The average Bonchev–Trinajstić information content (AvgIpc) is 1.55. The van der Waals surface area contributed by atoms with E-state index >= 15 is 0 Å². The van der Waals surface area contributed by atoms with E-state index in [-0.39, 0.29) is 0 Å². The summed E-state index contributed by atoms with van der Waals surface area (Å²) in [6.45, 7) is 0. The van der Waals surface area contributed by atoms with Gasteiger partial charge in [-0.3, -0.25) is 0 Å². The zero-order chi connectivity index (χ0) is 86.9. The Morgan fingerprint density at radius 3 is 0.644 bits per heavy atom. The fourth-order valence-electron chi connectivity index (χ4n) is 21.1. The minimum atomic E-state index is 1.13. The molecular weight excluding hydrogens is 1600 g/mol. The molecule has 0 fully saturated rings. The number of hydrogen-bond donors (Lipinski definition) is 0. The molecule has 27 rings (SSSR count). The summed E-state index contributed by atoms with van der Waals surface area (Å²) in [4.78, 5) is 0. The summed E-state index contributed by atoms with van der Waals surface area (Å²) in [5, 5.41) is 14.9. The monoisotopic (exact) mass is 1680 g/mol. The van der Waals surface area contributed by atoms with Crippen molar-refractivity contribution in [1.29, 1.82) is 0 Å². The highest BCUT2D eigenvalue weighted by Gasteiger charge is 2.26. The van der Waals surface area contributed by atoms with Crippen LogP contribution in [-0.4, -0.2) is 27.4 Å². The summed E-state index contributed by atoms with van der Waals surface area (Å²) in [5.41, 5.74) is 38.0. The molecule has 0 aliphatic heterocycles. The molecule has 0 saturated carbocycles. The highest BCUT2D eigenvalue weighted by molar-refractivity contribution is 6.27. The zero-order valence-electron chi connectivity index (χ0n) is 72.0. The molecule has 0 atom stereocenters. The number of rotatable bonds is 13. The SMILES string of the molecule is c1ccc(-c2ccc(-n3c4ccccc4c4cc(-c5ccc6c(c5)c5cc7c8ccccc8n(-c8ccc(-c9ccccc9)cc8)c7cc5n6-c5ccc(-c6ccccc6)cc5)ccc43)cc2)cc1.c1ccc(-c2ccc(-n3c4ccccc4c4cc(-c5ccc6c(c5)c5ccc7c(c8ccccc8n7-c7ccccc7)c5n6-c5ccc(-c6ccccc6)cc5)ccc43)cc2)cc1. The Balaban J connectivity index is 0.000000139. The van der Waals surface area contributed by atoms with Crippen molar-refractivity contribution >= 4 is 131 Å². The van der Waals surface area contributed by atoms with Crippen molar-refractivity contribution in [2.24, 2.45) is 0 Å². The summed E-state index contributed by atoms with van der Waals surface area (Å²) in [7, 11) is 0. The standard InChI is InChI=1S/C66H43N3.C60H39N3/c1-4-14-44(15-5-1)47-24-32-52(33-25-47)67-61-22-12-10-20-55(61)57-40-50(30-38-63(57)67)51-31-39-64-58(41-51)60-42-59-56-21-11-13-23-62(56)68(53-34-26-48(27-35-53)45-16-6-2-7-17-45)65(59)43-66(60)69(64)54-36-28-49(29-37-54)46-18-8-3-9-19-46;1-4-14-40(15-5-1)42-24-30-47(31-25-42)61-54-22-12-10-20-49(54)52-38-44(28-35-56(52)61)45-29-36-57-53(39-45)50-34-37-58-59(51-21-11-13-23-55(51)62(58)46-18-8-3-9-19-46)60(50)63(57)48-32-26-43(27-33-48)41-16-6-2-7-17-41/h1-43H;1-39H. The number of fused-ring (bicyclic) bond motifs is 19. The Kier molecular flexibility index (Phi) is 17.9. The normalized spacial score (nSPS) is 11.8. The lowest BCUT2D eigenvalue weighted by Crippen LogP contribution is -1.96. The molecule has 0 N–H and O–H groups in total. The topological polar surface area (TPSA) is 29.6 Å². The van der Waals surface area contributed by atoms with Gasteiger partial charge in [0.15, 0.2) is 0 Å². The maximum Gasteiger partial charge on any atom is 0.0641 e. The lowest BCUT2D eigenvalue weighted by Gasteiger charge is -2.12. The van der Waals surface area contributed by atoms with Crippen LogP contribution in [0.2, 0.25) is 0 Å². The first-order valence-electron chi connectivity index (χ1n) is 45.4. The molecule has 21 aromatic carbocycles. The quantitative estimate of drug-likeness (QED) is 0.110. The van der Waals surface area contributed by atoms with Crippen molar-refractivity contribution in [3.63, 3.8) is 0 Å². The fraction of sp³-hybridized carbons (Fsp3) is 0. The van der Waals surface area contributed by atoms with Gasteiger partial charge in [-0.2, -0.15) is 0 Å². The molecule has 0 aliphatic rings. The van der Waals surface area contributed by atoms with E-state index in [0.717, 1.165) is 34.1 Å². The molecule has 6 heterocycles. The molecule has 0 amide bonds. The lowest BCUT2D eigenvalue weighted by molar-refractivity contribution is 1.16. The van der Waals surface area contributed by atoms with Crippen LogP contribution in [0.3, 0.4) is 0 Å². The third kappa shape index (κ3) is 12.6. The van der Waals surface area contributed by atoms with Gasteiger partial charge >= 0.3 is 0 Å². The minimum Gasteiger partial charge on any atom is -0.309 e. The van der Waals surface area contributed by atoms with Crippen LogP contribution in [0, 0.1) is 0 Å². The first-order chi connectivity index (χ1) is 65.5. The second-order valence-electron chi connectivity index (χ2n) is 34.7. The smallest absolute Gasteiger partial charge is 0.0641 e. The molecule has 0 aliphatic carbocycles. The first-order valence-corrected chi connectivity index (χ1v) is 45.4. The second-order valence-corrected chi connectivity index (χ2v) is 34.7. The van der Waals surface area contributed by atoms with E-state index in [1.165, 1.54) is 209 Å². The molecule has 616 valence electrons. The summed E-state index contributed by atoms with van der Waals surface area (Å²) in [5.74, 6) is 0. The van der Waals surface area contributed by atoms with E-state index < -0.39 is 0 Å². The van der Waals surface area contributed by atoms with Crippen LogP contribution in [0.15, 0.2) is 497 Å². The Morgan fingerprint density at radius 1 is 0.0985 bits per heavy atom. The molecule has 0 bridgehead atoms.